The van der Waals surface area contributed by atoms with Gasteiger partial charge in [0.05, 0.1) is 12.2 Å². The van der Waals surface area contributed by atoms with Gasteiger partial charge in [0.25, 0.3) is 0 Å². The number of nitrogens with one attached hydrogen (secondary N) is 1. The van der Waals surface area contributed by atoms with E-state index in [1.54, 1.807) is 6.20 Å². The average molecular weight is 319 g/mol. The maximum absolute atomic E-state index is 7.66. The average Bonchev–Trinajstić information content (AvgIpc) is 2.39. The van der Waals surface area contributed by atoms with Gasteiger partial charge in [-0.1, -0.05) is 22.0 Å². The molecule has 3 N–H and O–H groups in total. The molecule has 1 aromatic heterocycles. The van der Waals surface area contributed by atoms with Gasteiger partial charge in [-0.3, -0.25) is 10.4 Å². The zero-order valence-corrected chi connectivity index (χ0v) is 12.2. The lowest BCUT2D eigenvalue weighted by Gasteiger charge is -2.22. The molecule has 0 saturated heterocycles. The summed E-state index contributed by atoms with van der Waals surface area (Å²) in [5, 5.41) is 7.66. The Labute approximate surface area is 120 Å². The third kappa shape index (κ3) is 3.32. The Morgan fingerprint density at radius 2 is 2.16 bits per heavy atom. The van der Waals surface area contributed by atoms with Crippen molar-refractivity contribution in [2.24, 2.45) is 5.73 Å². The summed E-state index contributed by atoms with van der Waals surface area (Å²) in [6.45, 7) is 0.669. The van der Waals surface area contributed by atoms with Gasteiger partial charge in [-0.25, -0.2) is 0 Å². The van der Waals surface area contributed by atoms with Crippen molar-refractivity contribution in [3.8, 4) is 0 Å². The molecule has 0 bridgehead atoms. The van der Waals surface area contributed by atoms with Crippen molar-refractivity contribution >= 4 is 27.5 Å². The molecule has 0 aliphatic rings. The van der Waals surface area contributed by atoms with Crippen molar-refractivity contribution in [2.45, 2.75) is 6.54 Å². The highest BCUT2D eigenvalue weighted by atomic mass is 79.9. The molecule has 0 unspecified atom stereocenters. The second kappa shape index (κ2) is 5.84. The van der Waals surface area contributed by atoms with Crippen molar-refractivity contribution in [3.05, 3.63) is 58.3 Å². The second-order valence-corrected chi connectivity index (χ2v) is 5.17. The predicted molar refractivity (Wildman–Crippen MR) is 81.5 cm³/mol. The van der Waals surface area contributed by atoms with E-state index in [4.69, 9.17) is 11.1 Å². The number of pyridine rings is 1. The molecule has 4 nitrogen and oxygen atoms in total. The molecule has 2 rings (SSSR count). The molecule has 2 aromatic rings. The Balaban J connectivity index is 2.28. The van der Waals surface area contributed by atoms with Crippen LogP contribution in [-0.4, -0.2) is 17.9 Å². The lowest BCUT2D eigenvalue weighted by Crippen LogP contribution is -2.22. The van der Waals surface area contributed by atoms with E-state index in [1.807, 2.05) is 48.3 Å². The van der Waals surface area contributed by atoms with Crippen LogP contribution < -0.4 is 10.6 Å². The van der Waals surface area contributed by atoms with Gasteiger partial charge in [0.1, 0.15) is 5.84 Å². The Hall–Kier alpha value is -1.88. The van der Waals surface area contributed by atoms with E-state index in [-0.39, 0.29) is 5.84 Å². The Morgan fingerprint density at radius 3 is 2.79 bits per heavy atom. The SMILES string of the molecule is CN(Cc1ccccn1)c1ccc(Br)cc1C(=N)N. The van der Waals surface area contributed by atoms with E-state index in [0.29, 0.717) is 12.1 Å². The summed E-state index contributed by atoms with van der Waals surface area (Å²) < 4.78 is 0.910. The van der Waals surface area contributed by atoms with Crippen LogP contribution in [0.3, 0.4) is 0 Å². The van der Waals surface area contributed by atoms with Crippen molar-refractivity contribution in [3.63, 3.8) is 0 Å². The number of aromatic nitrogens is 1. The van der Waals surface area contributed by atoms with Crippen LogP contribution in [-0.2, 0) is 6.54 Å². The standard InChI is InChI=1S/C14H15BrN4/c1-19(9-11-4-2-3-7-18-11)13-6-5-10(15)8-12(13)14(16)17/h2-8H,9H2,1H3,(H3,16,17). The third-order valence-corrected chi connectivity index (χ3v) is 3.28. The van der Waals surface area contributed by atoms with Crippen LogP contribution in [0.1, 0.15) is 11.3 Å². The first kappa shape index (κ1) is 13.5. The van der Waals surface area contributed by atoms with E-state index >= 15 is 0 Å². The molecule has 0 aliphatic heterocycles. The number of nitrogen functional groups attached to an aromatic ring is 1. The highest BCUT2D eigenvalue weighted by Crippen LogP contribution is 2.24. The Bertz CT molecular complexity index is 583. The molecule has 0 fully saturated rings. The Morgan fingerprint density at radius 1 is 1.37 bits per heavy atom. The summed E-state index contributed by atoms with van der Waals surface area (Å²) in [6.07, 6.45) is 1.77. The van der Waals surface area contributed by atoms with Crippen molar-refractivity contribution < 1.29 is 0 Å². The number of rotatable bonds is 4. The molecule has 5 heteroatoms. The van der Waals surface area contributed by atoms with Gasteiger partial charge in [-0.2, -0.15) is 0 Å². The van der Waals surface area contributed by atoms with E-state index < -0.39 is 0 Å². The molecule has 98 valence electrons. The quantitative estimate of drug-likeness (QED) is 0.673. The molecule has 0 aliphatic carbocycles. The number of amidine groups is 1. The number of anilines is 1. The summed E-state index contributed by atoms with van der Waals surface area (Å²) in [6, 6.07) is 11.6. The van der Waals surface area contributed by atoms with Crippen LogP contribution in [0.4, 0.5) is 5.69 Å². The number of hydrogen-bond donors (Lipinski definition) is 2. The number of nitrogens with zero attached hydrogens (tertiary/aromatic N) is 2. The third-order valence-electron chi connectivity index (χ3n) is 2.79. The summed E-state index contributed by atoms with van der Waals surface area (Å²) in [4.78, 5) is 6.33. The van der Waals surface area contributed by atoms with Crippen LogP contribution >= 0.6 is 15.9 Å². The zero-order chi connectivity index (χ0) is 13.8. The maximum Gasteiger partial charge on any atom is 0.124 e. The first-order valence-electron chi connectivity index (χ1n) is 5.83. The number of benzene rings is 1. The molecule has 0 radical (unpaired) electrons. The number of halogens is 1. The molecule has 1 heterocycles. The van der Waals surface area contributed by atoms with E-state index in [2.05, 4.69) is 20.9 Å². The number of nitrogens with two attached hydrogens (primary N) is 1. The predicted octanol–water partition coefficient (Wildman–Crippen LogP) is 2.76. The fourth-order valence-corrected chi connectivity index (χ4v) is 2.24. The van der Waals surface area contributed by atoms with E-state index in [1.165, 1.54) is 0 Å². The van der Waals surface area contributed by atoms with Gasteiger partial charge in [-0.15, -0.1) is 0 Å². The van der Waals surface area contributed by atoms with Crippen LogP contribution in [0.15, 0.2) is 47.1 Å². The maximum atomic E-state index is 7.66. The summed E-state index contributed by atoms with van der Waals surface area (Å²) >= 11 is 3.40. The van der Waals surface area contributed by atoms with Crippen molar-refractivity contribution in [1.29, 1.82) is 5.41 Å². The van der Waals surface area contributed by atoms with Crippen LogP contribution in [0, 0.1) is 5.41 Å². The van der Waals surface area contributed by atoms with Gasteiger partial charge in [0.15, 0.2) is 0 Å². The van der Waals surface area contributed by atoms with Crippen LogP contribution in [0.25, 0.3) is 0 Å². The van der Waals surface area contributed by atoms with Gasteiger partial charge in [0, 0.05) is 29.0 Å². The molecule has 0 spiro atoms. The number of hydrogen-bond acceptors (Lipinski definition) is 3. The monoisotopic (exact) mass is 318 g/mol. The van der Waals surface area contributed by atoms with Crippen LogP contribution in [0.2, 0.25) is 0 Å². The van der Waals surface area contributed by atoms with Gasteiger partial charge >= 0.3 is 0 Å². The highest BCUT2D eigenvalue weighted by Gasteiger charge is 2.11. The van der Waals surface area contributed by atoms with Crippen LogP contribution in [0.5, 0.6) is 0 Å². The summed E-state index contributed by atoms with van der Waals surface area (Å²) in [5.74, 6) is 0.0594. The molecule has 0 amide bonds. The van der Waals surface area contributed by atoms with Gasteiger partial charge in [0.2, 0.25) is 0 Å². The lowest BCUT2D eigenvalue weighted by atomic mass is 10.1. The first-order valence-corrected chi connectivity index (χ1v) is 6.62. The van der Waals surface area contributed by atoms with Crippen molar-refractivity contribution in [1.82, 2.24) is 4.98 Å². The fraction of sp³-hybridized carbons (Fsp3) is 0.143. The lowest BCUT2D eigenvalue weighted by molar-refractivity contribution is 0.883. The topological polar surface area (TPSA) is 66.0 Å². The normalized spacial score (nSPS) is 10.2. The molecule has 0 atom stereocenters. The fourth-order valence-electron chi connectivity index (χ4n) is 1.88. The van der Waals surface area contributed by atoms with Gasteiger partial charge < -0.3 is 10.6 Å². The zero-order valence-electron chi connectivity index (χ0n) is 10.6. The molecule has 1 aromatic carbocycles. The second-order valence-electron chi connectivity index (χ2n) is 4.25. The highest BCUT2D eigenvalue weighted by molar-refractivity contribution is 9.10. The van der Waals surface area contributed by atoms with Crippen molar-refractivity contribution in [2.75, 3.05) is 11.9 Å². The molecular formula is C14H15BrN4. The summed E-state index contributed by atoms with van der Waals surface area (Å²) in [5.41, 5.74) is 8.24. The smallest absolute Gasteiger partial charge is 0.124 e. The largest absolute Gasteiger partial charge is 0.384 e. The summed E-state index contributed by atoms with van der Waals surface area (Å²) in [7, 11) is 1.96. The molecule has 19 heavy (non-hydrogen) atoms. The van der Waals surface area contributed by atoms with E-state index in [9.17, 15) is 0 Å². The minimum absolute atomic E-state index is 0.0594. The first-order chi connectivity index (χ1) is 9.08. The Kier molecular flexibility index (Phi) is 4.16. The van der Waals surface area contributed by atoms with Gasteiger partial charge in [-0.05, 0) is 30.3 Å². The minimum atomic E-state index is 0.0594. The molecular weight excluding hydrogens is 304 g/mol. The molecule has 0 saturated carbocycles. The van der Waals surface area contributed by atoms with E-state index in [0.717, 1.165) is 15.9 Å². The minimum Gasteiger partial charge on any atom is -0.384 e.